The van der Waals surface area contributed by atoms with Crippen LogP contribution >= 0.6 is 11.6 Å². The van der Waals surface area contributed by atoms with E-state index < -0.39 is 41.5 Å². The van der Waals surface area contributed by atoms with Crippen molar-refractivity contribution in [2.24, 2.45) is 5.16 Å². The number of rotatable bonds is 8. The van der Waals surface area contributed by atoms with Gasteiger partial charge in [0.15, 0.2) is 11.9 Å². The molecule has 1 heterocycles. The fourth-order valence-corrected chi connectivity index (χ4v) is 3.89. The summed E-state index contributed by atoms with van der Waals surface area (Å²) in [6.45, 7) is 2.87. The maximum atomic E-state index is 13.7. The van der Waals surface area contributed by atoms with Crippen molar-refractivity contribution in [2.75, 3.05) is 13.7 Å². The fraction of sp³-hybridized carbons (Fsp3) is 0.400. The molecule has 2 atom stereocenters. The first-order valence-electron chi connectivity index (χ1n) is 11.5. The predicted molar refractivity (Wildman–Crippen MR) is 133 cm³/mol. The summed E-state index contributed by atoms with van der Waals surface area (Å²) in [6.07, 6.45) is -1.08. The van der Waals surface area contributed by atoms with E-state index in [1.165, 1.54) is 36.2 Å². The van der Waals surface area contributed by atoms with Crippen molar-refractivity contribution in [3.8, 4) is 0 Å². The van der Waals surface area contributed by atoms with E-state index in [1.807, 2.05) is 0 Å². The lowest BCUT2D eigenvalue weighted by Crippen LogP contribution is -2.48. The molecule has 1 aliphatic heterocycles. The van der Waals surface area contributed by atoms with Gasteiger partial charge in [-0.15, -0.1) is 0 Å². The van der Waals surface area contributed by atoms with Gasteiger partial charge in [0.2, 0.25) is 0 Å². The van der Waals surface area contributed by atoms with E-state index in [-0.39, 0.29) is 36.9 Å². The summed E-state index contributed by atoms with van der Waals surface area (Å²) in [6, 6.07) is 8.93. The number of nitrogens with one attached hydrogen (secondary N) is 2. The first-order chi connectivity index (χ1) is 17.4. The van der Waals surface area contributed by atoms with E-state index in [0.717, 1.165) is 0 Å². The van der Waals surface area contributed by atoms with Crippen molar-refractivity contribution >= 4 is 29.6 Å². The maximum absolute atomic E-state index is 13.7. The second-order valence-corrected chi connectivity index (χ2v) is 9.65. The number of hydrogen-bond donors (Lipinski definition) is 3. The Balaban J connectivity index is 1.53. The number of benzene rings is 2. The third-order valence-electron chi connectivity index (χ3n) is 5.61. The Morgan fingerprint density at radius 1 is 1.30 bits per heavy atom. The van der Waals surface area contributed by atoms with E-state index in [4.69, 9.17) is 21.2 Å². The number of urea groups is 1. The molecule has 37 heavy (non-hydrogen) atoms. The first-order valence-corrected chi connectivity index (χ1v) is 11.9. The molecule has 2 aromatic rings. The Bertz CT molecular complexity index is 1160. The van der Waals surface area contributed by atoms with E-state index in [9.17, 15) is 23.5 Å². The van der Waals surface area contributed by atoms with Gasteiger partial charge in [-0.3, -0.25) is 5.32 Å². The van der Waals surface area contributed by atoms with Crippen LogP contribution in [-0.4, -0.2) is 53.3 Å². The molecule has 0 bridgehead atoms. The fourth-order valence-electron chi connectivity index (χ4n) is 3.69. The predicted octanol–water partition coefficient (Wildman–Crippen LogP) is 4.49. The average molecular weight is 539 g/mol. The number of carbonyl (C=O) groups excluding carboxylic acids is 2. The molecule has 2 aromatic carbocycles. The minimum atomic E-state index is -1.17. The van der Waals surface area contributed by atoms with Crippen LogP contribution in [0.15, 0.2) is 47.6 Å². The number of alkyl carbamates (subject to hydrolysis) is 1. The molecule has 0 aliphatic carbocycles. The Morgan fingerprint density at radius 2 is 2.03 bits per heavy atom. The molecule has 1 aliphatic rings. The molecule has 0 spiro atoms. The van der Waals surface area contributed by atoms with Crippen LogP contribution in [0.3, 0.4) is 0 Å². The Hall–Kier alpha value is -3.44. The summed E-state index contributed by atoms with van der Waals surface area (Å²) in [5.41, 5.74) is -0.201. The number of halogens is 3. The van der Waals surface area contributed by atoms with Gasteiger partial charge < -0.3 is 24.9 Å². The normalized spacial score (nSPS) is 15.9. The largest absolute Gasteiger partial charge is 0.447 e. The zero-order chi connectivity index (χ0) is 27.2. The summed E-state index contributed by atoms with van der Waals surface area (Å²) in [5.74, 6) is -0.802. The number of carbonyl (C=O) groups is 2. The molecule has 12 heteroatoms. The number of likely N-dealkylation sites (N-methyl/N-ethyl adjacent to an activating group) is 1. The van der Waals surface area contributed by atoms with Gasteiger partial charge in [-0.25, -0.2) is 18.4 Å². The zero-order valence-electron chi connectivity index (χ0n) is 20.6. The number of amides is 3. The highest BCUT2D eigenvalue weighted by molar-refractivity contribution is 6.31. The highest BCUT2D eigenvalue weighted by atomic mass is 35.5. The van der Waals surface area contributed by atoms with Crippen molar-refractivity contribution in [1.82, 2.24) is 15.5 Å². The smallest absolute Gasteiger partial charge is 0.412 e. The van der Waals surface area contributed by atoms with Gasteiger partial charge in [-0.1, -0.05) is 41.0 Å². The van der Waals surface area contributed by atoms with Crippen LogP contribution in [0, 0.1) is 11.6 Å². The number of aliphatic hydroxyl groups is 1. The lowest BCUT2D eigenvalue weighted by molar-refractivity contribution is 0.0266. The van der Waals surface area contributed by atoms with Crippen LogP contribution in [0.25, 0.3) is 0 Å². The third-order valence-corrected chi connectivity index (χ3v) is 6.03. The molecule has 200 valence electrons. The minimum Gasteiger partial charge on any atom is -0.447 e. The summed E-state index contributed by atoms with van der Waals surface area (Å²) in [4.78, 5) is 31.7. The van der Waals surface area contributed by atoms with Gasteiger partial charge in [-0.2, -0.15) is 0 Å². The monoisotopic (exact) mass is 538 g/mol. The quantitative estimate of drug-likeness (QED) is 0.458. The van der Waals surface area contributed by atoms with Crippen LogP contribution in [-0.2, 0) is 16.1 Å². The van der Waals surface area contributed by atoms with Crippen molar-refractivity contribution in [3.05, 3.63) is 70.2 Å². The number of amidine groups is 1. The van der Waals surface area contributed by atoms with Crippen molar-refractivity contribution in [1.29, 1.82) is 0 Å². The molecular weight excluding hydrogens is 510 g/mol. The molecule has 0 radical (unpaired) electrons. The van der Waals surface area contributed by atoms with Crippen LogP contribution < -0.4 is 10.6 Å². The second-order valence-electron chi connectivity index (χ2n) is 9.27. The SMILES string of the molecule is CN(C(=O)NCc1cccc(F)c1Cl)[C@H](COC(=O)NC1=NOC(c2cccc(F)c2)C1)CC(C)(C)O. The van der Waals surface area contributed by atoms with Gasteiger partial charge in [0.25, 0.3) is 0 Å². The lowest BCUT2D eigenvalue weighted by Gasteiger charge is -2.32. The van der Waals surface area contributed by atoms with E-state index >= 15 is 0 Å². The zero-order valence-corrected chi connectivity index (χ0v) is 21.4. The summed E-state index contributed by atoms with van der Waals surface area (Å²) in [7, 11) is 1.48. The van der Waals surface area contributed by atoms with Gasteiger partial charge in [0, 0.05) is 13.6 Å². The van der Waals surface area contributed by atoms with Crippen LogP contribution in [0.1, 0.15) is 43.9 Å². The van der Waals surface area contributed by atoms with E-state index in [0.29, 0.717) is 11.1 Å². The standard InChI is InChI=1S/C25H29ClF2N4O5/c1-25(2,35)12-18(32(3)23(33)29-13-16-7-5-9-19(28)22(16)26)14-36-24(34)30-21-11-20(37-31-21)15-6-4-8-17(27)10-15/h4-10,18,20,35H,11-14H2,1-3H3,(H,29,33)(H,30,31,34)/t18-,20?/m0/s1. The highest BCUT2D eigenvalue weighted by Gasteiger charge is 2.29. The topological polar surface area (TPSA) is 112 Å². The number of oxime groups is 1. The number of hydrogen-bond acceptors (Lipinski definition) is 6. The maximum Gasteiger partial charge on any atom is 0.412 e. The summed E-state index contributed by atoms with van der Waals surface area (Å²) >= 11 is 5.94. The van der Waals surface area contributed by atoms with Gasteiger partial charge >= 0.3 is 12.1 Å². The Labute approximate surface area is 218 Å². The van der Waals surface area contributed by atoms with Crippen LogP contribution in [0.5, 0.6) is 0 Å². The first kappa shape index (κ1) is 28.1. The van der Waals surface area contributed by atoms with Crippen LogP contribution in [0.2, 0.25) is 5.02 Å². The van der Waals surface area contributed by atoms with Crippen molar-refractivity contribution < 1.29 is 33.1 Å². The van der Waals surface area contributed by atoms with Gasteiger partial charge in [-0.05, 0) is 49.6 Å². The lowest BCUT2D eigenvalue weighted by atomic mass is 9.99. The average Bonchev–Trinajstić information content (AvgIpc) is 3.29. The molecule has 0 aromatic heterocycles. The molecule has 3 rings (SSSR count). The Kier molecular flexibility index (Phi) is 9.28. The molecular formula is C25H29ClF2N4O5. The molecule has 3 amide bonds. The summed E-state index contributed by atoms with van der Waals surface area (Å²) < 4.78 is 32.4. The van der Waals surface area contributed by atoms with Gasteiger partial charge in [0.05, 0.1) is 23.1 Å². The molecule has 3 N–H and O–H groups in total. The number of ether oxygens (including phenoxy) is 1. The highest BCUT2D eigenvalue weighted by Crippen LogP contribution is 2.27. The summed E-state index contributed by atoms with van der Waals surface area (Å²) in [5, 5.41) is 19.1. The Morgan fingerprint density at radius 3 is 2.73 bits per heavy atom. The molecule has 0 saturated heterocycles. The van der Waals surface area contributed by atoms with Crippen LogP contribution in [0.4, 0.5) is 18.4 Å². The second kappa shape index (κ2) is 12.2. The number of nitrogens with zero attached hydrogens (tertiary/aromatic N) is 2. The van der Waals surface area contributed by atoms with Crippen molar-refractivity contribution in [3.63, 3.8) is 0 Å². The molecule has 0 fully saturated rings. The third kappa shape index (κ3) is 8.29. The van der Waals surface area contributed by atoms with Crippen molar-refractivity contribution in [2.45, 2.75) is 51.0 Å². The van der Waals surface area contributed by atoms with E-state index in [2.05, 4.69) is 15.8 Å². The minimum absolute atomic E-state index is 0.0251. The van der Waals surface area contributed by atoms with E-state index in [1.54, 1.807) is 32.0 Å². The molecule has 9 nitrogen and oxygen atoms in total. The molecule has 0 saturated carbocycles. The van der Waals surface area contributed by atoms with Gasteiger partial charge in [0.1, 0.15) is 18.2 Å². The molecule has 1 unspecified atom stereocenters.